The minimum absolute atomic E-state index is 0.0628. The van der Waals surface area contributed by atoms with Crippen LogP contribution in [0.3, 0.4) is 0 Å². The number of hydrogen-bond acceptors (Lipinski definition) is 6. The number of fused-ring (bicyclic) bond motifs is 1. The van der Waals surface area contributed by atoms with Crippen molar-refractivity contribution in [1.29, 1.82) is 0 Å². The lowest BCUT2D eigenvalue weighted by Gasteiger charge is -2.12. The van der Waals surface area contributed by atoms with Gasteiger partial charge in [-0.1, -0.05) is 41.6 Å². The third-order valence-corrected chi connectivity index (χ3v) is 6.36. The first-order valence-corrected chi connectivity index (χ1v) is 11.5. The Balaban J connectivity index is 1.65. The first-order chi connectivity index (χ1) is 14.4. The Morgan fingerprint density at radius 1 is 1.20 bits per heavy atom. The molecule has 0 atom stereocenters. The molecule has 0 saturated carbocycles. The maximum Gasteiger partial charge on any atom is 0.303 e. The molecule has 0 aliphatic carbocycles. The number of rotatable bonds is 10. The molecule has 0 aliphatic heterocycles. The number of hydrogen-bond donors (Lipinski definition) is 2. The van der Waals surface area contributed by atoms with Crippen LogP contribution >= 0.6 is 23.1 Å². The highest BCUT2D eigenvalue weighted by Crippen LogP contribution is 2.21. The molecule has 3 rings (SSSR count). The highest BCUT2D eigenvalue weighted by molar-refractivity contribution is 7.99. The van der Waals surface area contributed by atoms with Crippen LogP contribution in [0.25, 0.3) is 10.2 Å². The van der Waals surface area contributed by atoms with Crippen LogP contribution in [-0.2, 0) is 22.7 Å². The Kier molecular flexibility index (Phi) is 7.64. The molecule has 158 valence electrons. The van der Waals surface area contributed by atoms with Crippen LogP contribution in [0.5, 0.6) is 0 Å². The van der Waals surface area contributed by atoms with Crippen LogP contribution in [0.4, 0.5) is 0 Å². The summed E-state index contributed by atoms with van der Waals surface area (Å²) in [5.74, 6) is -0.852. The maximum absolute atomic E-state index is 12.8. The van der Waals surface area contributed by atoms with Crippen molar-refractivity contribution in [1.82, 2.24) is 14.9 Å². The molecular weight excluding hydrogens is 422 g/mol. The van der Waals surface area contributed by atoms with Crippen molar-refractivity contribution in [3.05, 3.63) is 57.2 Å². The van der Waals surface area contributed by atoms with E-state index in [1.165, 1.54) is 23.1 Å². The van der Waals surface area contributed by atoms with Gasteiger partial charge in [-0.2, -0.15) is 0 Å². The fraction of sp³-hybridized carbons (Fsp3) is 0.333. The average molecular weight is 446 g/mol. The molecule has 0 spiro atoms. The van der Waals surface area contributed by atoms with Gasteiger partial charge in [0.25, 0.3) is 5.56 Å². The molecule has 1 aromatic carbocycles. The van der Waals surface area contributed by atoms with Gasteiger partial charge in [-0.3, -0.25) is 19.0 Å². The Hall–Kier alpha value is -2.65. The van der Waals surface area contributed by atoms with Gasteiger partial charge in [-0.05, 0) is 36.8 Å². The first-order valence-electron chi connectivity index (χ1n) is 9.59. The minimum Gasteiger partial charge on any atom is -0.481 e. The van der Waals surface area contributed by atoms with Gasteiger partial charge in [0.15, 0.2) is 5.16 Å². The standard InChI is InChI=1S/C21H23N3O4S2/c1-14-5-7-15(8-6-14)12-22-17(25)13-30-21-23-16-9-11-29-19(16)20(28)24(21)10-3-2-4-18(26)27/h5-9,11H,2-4,10,12-13H2,1H3,(H,22,25)(H,26,27). The van der Waals surface area contributed by atoms with Crippen LogP contribution in [0, 0.1) is 6.92 Å². The van der Waals surface area contributed by atoms with E-state index in [-0.39, 0.29) is 23.6 Å². The van der Waals surface area contributed by atoms with E-state index < -0.39 is 5.97 Å². The third kappa shape index (κ3) is 5.93. The van der Waals surface area contributed by atoms with Crippen LogP contribution in [0.1, 0.15) is 30.4 Å². The number of carbonyl (C=O) groups is 2. The Labute approximate surface area is 182 Å². The number of benzene rings is 1. The number of nitrogens with zero attached hydrogens (tertiary/aromatic N) is 2. The van der Waals surface area contributed by atoms with E-state index in [9.17, 15) is 14.4 Å². The summed E-state index contributed by atoms with van der Waals surface area (Å²) in [6, 6.07) is 9.74. The summed E-state index contributed by atoms with van der Waals surface area (Å²) in [4.78, 5) is 40.4. The lowest BCUT2D eigenvalue weighted by atomic mass is 10.1. The monoisotopic (exact) mass is 445 g/mol. The fourth-order valence-corrected chi connectivity index (χ4v) is 4.50. The molecule has 7 nitrogen and oxygen atoms in total. The SMILES string of the molecule is Cc1ccc(CNC(=O)CSc2nc3ccsc3c(=O)n2CCCCC(=O)O)cc1. The number of thioether (sulfide) groups is 1. The molecule has 1 amide bonds. The zero-order valence-electron chi connectivity index (χ0n) is 16.6. The molecule has 2 aromatic heterocycles. The van der Waals surface area contributed by atoms with Gasteiger partial charge in [0.2, 0.25) is 5.91 Å². The van der Waals surface area contributed by atoms with E-state index in [2.05, 4.69) is 10.3 Å². The van der Waals surface area contributed by atoms with Crippen LogP contribution in [-0.4, -0.2) is 32.3 Å². The molecule has 9 heteroatoms. The summed E-state index contributed by atoms with van der Waals surface area (Å²) >= 11 is 2.55. The van der Waals surface area contributed by atoms with Gasteiger partial charge in [-0.15, -0.1) is 11.3 Å². The summed E-state index contributed by atoms with van der Waals surface area (Å²) in [5.41, 5.74) is 2.66. The summed E-state index contributed by atoms with van der Waals surface area (Å²) in [5, 5.41) is 14.0. The number of thiophene rings is 1. The van der Waals surface area contributed by atoms with E-state index in [0.29, 0.717) is 41.3 Å². The number of carboxylic acids is 1. The van der Waals surface area contributed by atoms with Gasteiger partial charge in [0.05, 0.1) is 11.3 Å². The lowest BCUT2D eigenvalue weighted by molar-refractivity contribution is -0.137. The van der Waals surface area contributed by atoms with E-state index in [1.54, 1.807) is 10.6 Å². The van der Waals surface area contributed by atoms with Gasteiger partial charge in [0, 0.05) is 19.5 Å². The fourth-order valence-electron chi connectivity index (χ4n) is 2.86. The number of carboxylic acid groups (broad SMARTS) is 1. The van der Waals surface area contributed by atoms with Gasteiger partial charge in [0.1, 0.15) is 4.70 Å². The number of nitrogens with one attached hydrogen (secondary N) is 1. The predicted molar refractivity (Wildman–Crippen MR) is 119 cm³/mol. The Bertz CT molecular complexity index is 1090. The second kappa shape index (κ2) is 10.4. The highest BCUT2D eigenvalue weighted by atomic mass is 32.2. The second-order valence-corrected chi connectivity index (χ2v) is 8.75. The van der Waals surface area contributed by atoms with Gasteiger partial charge in [-0.25, -0.2) is 4.98 Å². The van der Waals surface area contributed by atoms with Crippen LogP contribution < -0.4 is 10.9 Å². The van der Waals surface area contributed by atoms with Crippen molar-refractivity contribution in [3.63, 3.8) is 0 Å². The smallest absolute Gasteiger partial charge is 0.303 e. The van der Waals surface area contributed by atoms with Crippen molar-refractivity contribution in [2.45, 2.75) is 44.4 Å². The van der Waals surface area contributed by atoms with Gasteiger partial charge < -0.3 is 10.4 Å². The van der Waals surface area contributed by atoms with E-state index >= 15 is 0 Å². The van der Waals surface area contributed by atoms with Crippen molar-refractivity contribution < 1.29 is 14.7 Å². The molecule has 0 saturated heterocycles. The topological polar surface area (TPSA) is 101 Å². The molecule has 3 aromatic rings. The summed E-state index contributed by atoms with van der Waals surface area (Å²) < 4.78 is 2.12. The quantitative estimate of drug-likeness (QED) is 0.282. The maximum atomic E-state index is 12.8. The molecule has 2 N–H and O–H groups in total. The third-order valence-electron chi connectivity index (χ3n) is 4.50. The van der Waals surface area contributed by atoms with Crippen molar-refractivity contribution in [2.75, 3.05) is 5.75 Å². The van der Waals surface area contributed by atoms with Crippen molar-refractivity contribution in [3.8, 4) is 0 Å². The normalized spacial score (nSPS) is 11.0. The summed E-state index contributed by atoms with van der Waals surface area (Å²) in [6.45, 7) is 2.83. The van der Waals surface area contributed by atoms with Gasteiger partial charge >= 0.3 is 5.97 Å². The molecule has 0 aliphatic rings. The molecule has 30 heavy (non-hydrogen) atoms. The van der Waals surface area contributed by atoms with Crippen LogP contribution in [0.15, 0.2) is 45.7 Å². The molecule has 0 bridgehead atoms. The summed E-state index contributed by atoms with van der Waals surface area (Å²) in [7, 11) is 0. The number of unbranched alkanes of at least 4 members (excludes halogenated alkanes) is 1. The molecule has 0 radical (unpaired) electrons. The average Bonchev–Trinajstić information content (AvgIpc) is 3.19. The number of carbonyl (C=O) groups excluding carboxylic acids is 1. The van der Waals surface area contributed by atoms with Crippen LogP contribution in [0.2, 0.25) is 0 Å². The summed E-state index contributed by atoms with van der Waals surface area (Å²) in [6.07, 6.45) is 1.09. The van der Waals surface area contributed by atoms with E-state index in [4.69, 9.17) is 5.11 Å². The second-order valence-electron chi connectivity index (χ2n) is 6.89. The Morgan fingerprint density at radius 2 is 1.97 bits per heavy atom. The molecule has 0 unspecified atom stereocenters. The number of aromatic nitrogens is 2. The lowest BCUT2D eigenvalue weighted by Crippen LogP contribution is -2.26. The van der Waals surface area contributed by atoms with Crippen molar-refractivity contribution in [2.24, 2.45) is 0 Å². The highest BCUT2D eigenvalue weighted by Gasteiger charge is 2.14. The molecule has 0 fully saturated rings. The van der Waals surface area contributed by atoms with Crippen molar-refractivity contribution >= 4 is 45.2 Å². The predicted octanol–water partition coefficient (Wildman–Crippen LogP) is 3.43. The minimum atomic E-state index is -0.853. The number of aryl methyl sites for hydroxylation is 1. The largest absolute Gasteiger partial charge is 0.481 e. The molecule has 2 heterocycles. The Morgan fingerprint density at radius 3 is 2.70 bits per heavy atom. The van der Waals surface area contributed by atoms with E-state index in [1.807, 2.05) is 36.6 Å². The van der Waals surface area contributed by atoms with E-state index in [0.717, 1.165) is 11.1 Å². The number of aliphatic carboxylic acids is 1. The number of amides is 1. The first kappa shape index (κ1) is 22.0. The molecular formula is C21H23N3O4S2. The zero-order chi connectivity index (χ0) is 21.5. The zero-order valence-corrected chi connectivity index (χ0v) is 18.2.